The van der Waals surface area contributed by atoms with Crippen molar-refractivity contribution in [2.24, 2.45) is 5.73 Å². The number of carboxylic acids is 1. The van der Waals surface area contributed by atoms with E-state index in [0.29, 0.717) is 12.2 Å². The minimum absolute atomic E-state index is 0.176. The molecule has 6 heteroatoms. The molecular formula is C13H21NO5. The first-order valence-corrected chi connectivity index (χ1v) is 5.23. The zero-order valence-corrected chi connectivity index (χ0v) is 11.6. The lowest BCUT2D eigenvalue weighted by atomic mass is 10.3. The summed E-state index contributed by atoms with van der Waals surface area (Å²) in [5, 5.41) is 7.89. The topological polar surface area (TPSA) is 107 Å². The molecule has 3 N–H and O–H groups in total. The molecule has 0 bridgehead atoms. The first-order chi connectivity index (χ1) is 8.59. The Kier molecular flexibility index (Phi) is 15.8. The van der Waals surface area contributed by atoms with Gasteiger partial charge in [-0.2, -0.15) is 0 Å². The third-order valence-corrected chi connectivity index (χ3v) is 1.24. The third-order valence-electron chi connectivity index (χ3n) is 1.24. The number of nitrogens with two attached hydrogens (primary N) is 1. The summed E-state index contributed by atoms with van der Waals surface area (Å²) in [6, 6.07) is 0. The molecule has 0 saturated carbocycles. The number of hydrogen-bond donors (Lipinski definition) is 2. The smallest absolute Gasteiger partial charge is 0.330 e. The maximum absolute atomic E-state index is 10.1. The Hall–Kier alpha value is -2.37. The van der Waals surface area contributed by atoms with Crippen LogP contribution in [0.3, 0.4) is 0 Å². The Morgan fingerprint density at radius 2 is 1.53 bits per heavy atom. The second kappa shape index (κ2) is 13.7. The predicted molar refractivity (Wildman–Crippen MR) is 73.3 cm³/mol. The summed E-state index contributed by atoms with van der Waals surface area (Å²) in [6.07, 6.45) is 1.14. The zero-order valence-electron chi connectivity index (χ0n) is 11.6. The lowest BCUT2D eigenvalue weighted by Crippen LogP contribution is -2.10. The van der Waals surface area contributed by atoms with E-state index in [1.807, 2.05) is 0 Å². The molecule has 19 heavy (non-hydrogen) atoms. The van der Waals surface area contributed by atoms with Gasteiger partial charge in [-0.15, -0.1) is 0 Å². The number of carboxylic acid groups (broad SMARTS) is 1. The third kappa shape index (κ3) is 25.7. The second-order valence-corrected chi connectivity index (χ2v) is 3.19. The summed E-state index contributed by atoms with van der Waals surface area (Å²) < 4.78 is 4.43. The number of aliphatic carboxylic acids is 1. The molecule has 0 aromatic heterocycles. The minimum Gasteiger partial charge on any atom is -0.478 e. The summed E-state index contributed by atoms with van der Waals surface area (Å²) in [6.45, 7) is 14.8. The zero-order chi connectivity index (χ0) is 16.0. The van der Waals surface area contributed by atoms with Gasteiger partial charge in [-0.1, -0.05) is 19.7 Å². The lowest BCUT2D eigenvalue weighted by Gasteiger charge is -1.90. The van der Waals surface area contributed by atoms with Gasteiger partial charge < -0.3 is 15.6 Å². The van der Waals surface area contributed by atoms with Crippen LogP contribution in [0.2, 0.25) is 0 Å². The monoisotopic (exact) mass is 271 g/mol. The van der Waals surface area contributed by atoms with Crippen molar-refractivity contribution in [1.82, 2.24) is 0 Å². The van der Waals surface area contributed by atoms with Gasteiger partial charge in [0.15, 0.2) is 0 Å². The van der Waals surface area contributed by atoms with Gasteiger partial charge in [0.2, 0.25) is 5.91 Å². The fraction of sp³-hybridized carbons (Fsp3) is 0.308. The van der Waals surface area contributed by atoms with Crippen LogP contribution in [0.25, 0.3) is 0 Å². The van der Waals surface area contributed by atoms with Crippen LogP contribution >= 0.6 is 0 Å². The molecule has 6 nitrogen and oxygen atoms in total. The number of ether oxygens (including phenoxy) is 1. The van der Waals surface area contributed by atoms with Gasteiger partial charge in [-0.05, 0) is 20.8 Å². The van der Waals surface area contributed by atoms with Crippen LogP contribution in [0.4, 0.5) is 0 Å². The molecule has 0 spiro atoms. The Morgan fingerprint density at radius 1 is 1.21 bits per heavy atom. The van der Waals surface area contributed by atoms with Gasteiger partial charge in [-0.3, -0.25) is 4.79 Å². The Labute approximate surface area is 113 Å². The molecular weight excluding hydrogens is 250 g/mol. The van der Waals surface area contributed by atoms with E-state index in [4.69, 9.17) is 10.8 Å². The molecule has 0 aromatic carbocycles. The maximum atomic E-state index is 10.1. The Morgan fingerprint density at radius 3 is 1.58 bits per heavy atom. The fourth-order valence-corrected chi connectivity index (χ4v) is 0.201. The lowest BCUT2D eigenvalue weighted by molar-refractivity contribution is -0.137. The Balaban J connectivity index is -0.000000203. The van der Waals surface area contributed by atoms with Gasteiger partial charge in [0.25, 0.3) is 0 Å². The highest BCUT2D eigenvalue weighted by molar-refractivity contribution is 5.90. The highest BCUT2D eigenvalue weighted by Crippen LogP contribution is 1.81. The number of hydrogen-bond acceptors (Lipinski definition) is 4. The number of rotatable bonds is 4. The second-order valence-electron chi connectivity index (χ2n) is 3.19. The summed E-state index contributed by atoms with van der Waals surface area (Å²) >= 11 is 0. The number of primary amides is 1. The number of carbonyl (C=O) groups excluding carboxylic acids is 2. The van der Waals surface area contributed by atoms with Crippen LogP contribution in [0.15, 0.2) is 37.0 Å². The molecule has 0 fully saturated rings. The average Bonchev–Trinajstić information content (AvgIpc) is 2.30. The Bertz CT molecular complexity index is 310. The molecule has 0 heterocycles. The molecule has 0 aliphatic rings. The van der Waals surface area contributed by atoms with E-state index in [9.17, 15) is 14.4 Å². The van der Waals surface area contributed by atoms with Gasteiger partial charge in [0, 0.05) is 17.2 Å². The number of amides is 1. The van der Waals surface area contributed by atoms with E-state index >= 15 is 0 Å². The van der Waals surface area contributed by atoms with Crippen molar-refractivity contribution >= 4 is 17.8 Å². The number of carbonyl (C=O) groups is 3. The largest absolute Gasteiger partial charge is 0.478 e. The van der Waals surface area contributed by atoms with E-state index in [0.717, 1.165) is 6.08 Å². The average molecular weight is 271 g/mol. The van der Waals surface area contributed by atoms with Gasteiger partial charge in [-0.25, -0.2) is 9.59 Å². The van der Waals surface area contributed by atoms with E-state index in [1.165, 1.54) is 6.92 Å². The molecule has 0 aromatic rings. The summed E-state index contributed by atoms with van der Waals surface area (Å²) in [5.74, 6) is -1.73. The predicted octanol–water partition coefficient (Wildman–Crippen LogP) is 1.43. The summed E-state index contributed by atoms with van der Waals surface area (Å²) in [7, 11) is 0. The molecule has 0 aliphatic carbocycles. The van der Waals surface area contributed by atoms with Crippen molar-refractivity contribution in [3.05, 3.63) is 37.0 Å². The van der Waals surface area contributed by atoms with Gasteiger partial charge in [0.05, 0.1) is 6.61 Å². The van der Waals surface area contributed by atoms with Crippen LogP contribution in [0.1, 0.15) is 20.8 Å². The van der Waals surface area contributed by atoms with Crippen molar-refractivity contribution in [1.29, 1.82) is 0 Å². The standard InChI is InChI=1S/C5H8O2.C4H7NO.C4H6O2/c1-3-5(6)7-4-2;2*1-3(2)4(5)6/h3H,1,4H2,2H3;1H2,2H3,(H2,5,6);1H2,2H3,(H,5,6). The first kappa shape index (κ1) is 21.9. The molecule has 1 amide bonds. The highest BCUT2D eigenvalue weighted by atomic mass is 16.5. The first-order valence-electron chi connectivity index (χ1n) is 5.23. The summed E-state index contributed by atoms with van der Waals surface area (Å²) in [4.78, 5) is 29.5. The van der Waals surface area contributed by atoms with Gasteiger partial charge >= 0.3 is 11.9 Å². The van der Waals surface area contributed by atoms with Crippen LogP contribution in [0.5, 0.6) is 0 Å². The molecule has 108 valence electrons. The molecule has 0 saturated heterocycles. The summed E-state index contributed by atoms with van der Waals surface area (Å²) in [5.41, 5.74) is 5.27. The molecule has 0 aliphatic heterocycles. The highest BCUT2D eigenvalue weighted by Gasteiger charge is 1.90. The normalized spacial score (nSPS) is 7.53. The minimum atomic E-state index is -0.935. The number of esters is 1. The SMILES string of the molecule is C=C(C)C(=O)O.C=C(C)C(N)=O.C=CC(=O)OCC. The molecule has 0 atom stereocenters. The van der Waals surface area contributed by atoms with Crippen LogP contribution < -0.4 is 5.73 Å². The van der Waals surface area contributed by atoms with Crippen molar-refractivity contribution < 1.29 is 24.2 Å². The van der Waals surface area contributed by atoms with Gasteiger partial charge in [0.1, 0.15) is 0 Å². The van der Waals surface area contributed by atoms with E-state index in [2.05, 4.69) is 24.5 Å². The van der Waals surface area contributed by atoms with Crippen LogP contribution in [-0.2, 0) is 19.1 Å². The van der Waals surface area contributed by atoms with Crippen molar-refractivity contribution in [3.8, 4) is 0 Å². The van der Waals surface area contributed by atoms with Crippen molar-refractivity contribution in [3.63, 3.8) is 0 Å². The van der Waals surface area contributed by atoms with E-state index < -0.39 is 11.9 Å². The molecule has 0 radical (unpaired) electrons. The van der Waals surface area contributed by atoms with Crippen molar-refractivity contribution in [2.75, 3.05) is 6.61 Å². The molecule has 0 rings (SSSR count). The van der Waals surface area contributed by atoms with Crippen LogP contribution in [-0.4, -0.2) is 29.6 Å². The van der Waals surface area contributed by atoms with Crippen LogP contribution in [0, 0.1) is 0 Å². The quantitative estimate of drug-likeness (QED) is 0.594. The fourth-order valence-electron chi connectivity index (χ4n) is 0.201. The molecule has 0 unspecified atom stereocenters. The van der Waals surface area contributed by atoms with E-state index in [1.54, 1.807) is 13.8 Å². The van der Waals surface area contributed by atoms with E-state index in [-0.39, 0.29) is 11.5 Å². The maximum Gasteiger partial charge on any atom is 0.330 e. The van der Waals surface area contributed by atoms with Crippen molar-refractivity contribution in [2.45, 2.75) is 20.8 Å².